The third-order valence-electron chi connectivity index (χ3n) is 3.44. The van der Waals surface area contributed by atoms with Gasteiger partial charge in [-0.25, -0.2) is 0 Å². The van der Waals surface area contributed by atoms with Crippen LogP contribution in [0.3, 0.4) is 0 Å². The summed E-state index contributed by atoms with van der Waals surface area (Å²) in [5, 5.41) is 9.09. The topological polar surface area (TPSA) is 54.4 Å². The van der Waals surface area contributed by atoms with Crippen LogP contribution in [0.2, 0.25) is 0 Å². The van der Waals surface area contributed by atoms with Crippen LogP contribution in [0, 0.1) is 0 Å². The Morgan fingerprint density at radius 1 is 0.789 bits per heavy atom. The standard InChI is InChI=1S/C10H6O3.C6H12/c11-8-5-9(12)10(13)7-4-2-1-3-6(7)8;1-2-4-6-5-3-1/h1-5,12H;1-6H2. The smallest absolute Gasteiger partial charge is 0.228 e. The molecule has 1 N–H and O–H groups in total. The quantitative estimate of drug-likeness (QED) is 0.769. The highest BCUT2D eigenvalue weighted by molar-refractivity contribution is 6.23. The summed E-state index contributed by atoms with van der Waals surface area (Å²) in [6.07, 6.45) is 9.95. The number of aliphatic hydroxyl groups excluding tert-OH is 1. The molecule has 3 nitrogen and oxygen atoms in total. The lowest BCUT2D eigenvalue weighted by Crippen LogP contribution is -2.16. The van der Waals surface area contributed by atoms with E-state index < -0.39 is 11.5 Å². The second kappa shape index (κ2) is 6.32. The molecule has 3 heteroatoms. The number of benzene rings is 1. The average molecular weight is 258 g/mol. The zero-order valence-corrected chi connectivity index (χ0v) is 10.9. The number of carbonyl (C=O) groups excluding carboxylic acids is 2. The van der Waals surface area contributed by atoms with Crippen LogP contribution in [0.1, 0.15) is 59.2 Å². The van der Waals surface area contributed by atoms with E-state index in [0.717, 1.165) is 6.08 Å². The number of ketones is 2. The van der Waals surface area contributed by atoms with Crippen LogP contribution in [-0.2, 0) is 0 Å². The van der Waals surface area contributed by atoms with Gasteiger partial charge in [-0.1, -0.05) is 62.8 Å². The molecule has 0 atom stereocenters. The minimum atomic E-state index is -0.491. The Labute approximate surface area is 113 Å². The highest BCUT2D eigenvalue weighted by Gasteiger charge is 2.24. The predicted octanol–water partition coefficient (Wildman–Crippen LogP) is 3.85. The van der Waals surface area contributed by atoms with Crippen molar-refractivity contribution in [3.63, 3.8) is 0 Å². The number of Topliss-reactive ketones (excluding diaryl/α,β-unsaturated/α-hetero) is 1. The van der Waals surface area contributed by atoms with Crippen molar-refractivity contribution in [1.82, 2.24) is 0 Å². The van der Waals surface area contributed by atoms with Crippen molar-refractivity contribution in [2.45, 2.75) is 38.5 Å². The molecular weight excluding hydrogens is 240 g/mol. The van der Waals surface area contributed by atoms with Crippen molar-refractivity contribution in [3.8, 4) is 0 Å². The second-order valence-corrected chi connectivity index (χ2v) is 4.89. The zero-order chi connectivity index (χ0) is 13.7. The van der Waals surface area contributed by atoms with Gasteiger partial charge in [0, 0.05) is 17.2 Å². The number of carbonyl (C=O) groups is 2. The molecule has 0 radical (unpaired) electrons. The predicted molar refractivity (Wildman–Crippen MR) is 73.5 cm³/mol. The number of rotatable bonds is 0. The van der Waals surface area contributed by atoms with E-state index in [1.54, 1.807) is 18.2 Å². The maximum absolute atomic E-state index is 11.3. The van der Waals surface area contributed by atoms with E-state index in [9.17, 15) is 9.59 Å². The Morgan fingerprint density at radius 2 is 1.26 bits per heavy atom. The highest BCUT2D eigenvalue weighted by Crippen LogP contribution is 2.19. The molecule has 0 amide bonds. The van der Waals surface area contributed by atoms with E-state index in [2.05, 4.69) is 0 Å². The van der Waals surface area contributed by atoms with Gasteiger partial charge in [-0.15, -0.1) is 0 Å². The monoisotopic (exact) mass is 258 g/mol. The molecule has 19 heavy (non-hydrogen) atoms. The fraction of sp³-hybridized carbons (Fsp3) is 0.375. The first kappa shape index (κ1) is 13.5. The number of hydrogen-bond acceptors (Lipinski definition) is 3. The van der Waals surface area contributed by atoms with Gasteiger partial charge in [0.05, 0.1) is 0 Å². The summed E-state index contributed by atoms with van der Waals surface area (Å²) in [6, 6.07) is 6.43. The van der Waals surface area contributed by atoms with Crippen molar-refractivity contribution < 1.29 is 14.7 Å². The molecule has 0 spiro atoms. The van der Waals surface area contributed by atoms with Crippen molar-refractivity contribution in [2.75, 3.05) is 0 Å². The Kier molecular flexibility index (Phi) is 4.50. The highest BCUT2D eigenvalue weighted by atomic mass is 16.3. The molecule has 0 aromatic heterocycles. The molecule has 0 saturated heterocycles. The van der Waals surface area contributed by atoms with Gasteiger partial charge in [0.2, 0.25) is 5.78 Å². The van der Waals surface area contributed by atoms with Gasteiger partial charge in [0.1, 0.15) is 0 Å². The molecule has 1 aromatic carbocycles. The summed E-state index contributed by atoms with van der Waals surface area (Å²) in [5.41, 5.74) is 0.623. The van der Waals surface area contributed by atoms with Crippen LogP contribution in [0.4, 0.5) is 0 Å². The molecule has 0 aliphatic heterocycles. The van der Waals surface area contributed by atoms with Gasteiger partial charge >= 0.3 is 0 Å². The molecular formula is C16H18O3. The summed E-state index contributed by atoms with van der Waals surface area (Å²) < 4.78 is 0. The molecule has 3 rings (SSSR count). The number of fused-ring (bicyclic) bond motifs is 1. The maximum atomic E-state index is 11.3. The van der Waals surface area contributed by atoms with Crippen LogP contribution in [0.15, 0.2) is 36.1 Å². The zero-order valence-electron chi connectivity index (χ0n) is 10.9. The van der Waals surface area contributed by atoms with Crippen molar-refractivity contribution in [3.05, 3.63) is 47.2 Å². The fourth-order valence-electron chi connectivity index (χ4n) is 2.36. The molecule has 1 fully saturated rings. The van der Waals surface area contributed by atoms with Crippen molar-refractivity contribution in [1.29, 1.82) is 0 Å². The van der Waals surface area contributed by atoms with Crippen molar-refractivity contribution in [2.24, 2.45) is 0 Å². The first-order chi connectivity index (χ1) is 9.20. The molecule has 0 unspecified atom stereocenters. The van der Waals surface area contributed by atoms with Gasteiger partial charge in [-0.2, -0.15) is 0 Å². The van der Waals surface area contributed by atoms with Gasteiger partial charge < -0.3 is 5.11 Å². The first-order valence-corrected chi connectivity index (χ1v) is 6.79. The molecule has 0 heterocycles. The Balaban J connectivity index is 0.000000186. The van der Waals surface area contributed by atoms with E-state index in [1.807, 2.05) is 0 Å². The third kappa shape index (κ3) is 3.31. The first-order valence-electron chi connectivity index (χ1n) is 6.79. The Morgan fingerprint density at radius 3 is 1.79 bits per heavy atom. The largest absolute Gasteiger partial charge is 0.504 e. The van der Waals surface area contributed by atoms with E-state index in [0.29, 0.717) is 5.56 Å². The lowest BCUT2D eigenvalue weighted by Gasteiger charge is -2.09. The van der Waals surface area contributed by atoms with Gasteiger partial charge in [0.25, 0.3) is 0 Å². The van der Waals surface area contributed by atoms with E-state index in [-0.39, 0.29) is 11.3 Å². The van der Waals surface area contributed by atoms with E-state index in [4.69, 9.17) is 5.11 Å². The molecule has 100 valence electrons. The Hall–Kier alpha value is -1.90. The number of allylic oxidation sites excluding steroid dienone is 2. The van der Waals surface area contributed by atoms with Gasteiger partial charge in [0.15, 0.2) is 11.5 Å². The number of hydrogen-bond donors (Lipinski definition) is 1. The average Bonchev–Trinajstić information content (AvgIpc) is 2.47. The van der Waals surface area contributed by atoms with Crippen LogP contribution < -0.4 is 0 Å². The summed E-state index contributed by atoms with van der Waals surface area (Å²) in [4.78, 5) is 22.5. The summed E-state index contributed by atoms with van der Waals surface area (Å²) in [6.45, 7) is 0. The molecule has 1 saturated carbocycles. The Bertz CT molecular complexity index is 499. The number of aliphatic hydroxyl groups is 1. The van der Waals surface area contributed by atoms with Crippen LogP contribution in [-0.4, -0.2) is 16.7 Å². The summed E-state index contributed by atoms with van der Waals surface area (Å²) in [7, 11) is 0. The third-order valence-corrected chi connectivity index (χ3v) is 3.44. The lowest BCUT2D eigenvalue weighted by atomic mass is 9.94. The minimum absolute atomic E-state index is 0.271. The van der Waals surface area contributed by atoms with Crippen LogP contribution in [0.25, 0.3) is 0 Å². The summed E-state index contributed by atoms with van der Waals surface area (Å²) >= 11 is 0. The second-order valence-electron chi connectivity index (χ2n) is 4.89. The molecule has 1 aromatic rings. The minimum Gasteiger partial charge on any atom is -0.504 e. The SMILES string of the molecule is C1CCCCC1.O=C1C=C(O)C(=O)c2ccccc21. The van der Waals surface area contributed by atoms with E-state index in [1.165, 1.54) is 44.6 Å². The maximum Gasteiger partial charge on any atom is 0.228 e. The van der Waals surface area contributed by atoms with Crippen LogP contribution >= 0.6 is 0 Å². The molecule has 2 aliphatic carbocycles. The molecule has 0 bridgehead atoms. The van der Waals surface area contributed by atoms with Crippen LogP contribution in [0.5, 0.6) is 0 Å². The van der Waals surface area contributed by atoms with Gasteiger partial charge in [-0.05, 0) is 0 Å². The normalized spacial score (nSPS) is 18.0. The molecule has 2 aliphatic rings. The van der Waals surface area contributed by atoms with Gasteiger partial charge in [-0.3, -0.25) is 9.59 Å². The summed E-state index contributed by atoms with van der Waals surface area (Å²) in [5.74, 6) is -1.30. The van der Waals surface area contributed by atoms with E-state index >= 15 is 0 Å². The van der Waals surface area contributed by atoms with Crippen molar-refractivity contribution >= 4 is 11.6 Å². The fourth-order valence-corrected chi connectivity index (χ4v) is 2.36. The lowest BCUT2D eigenvalue weighted by molar-refractivity contribution is 0.0939.